The molecule has 1 aliphatic heterocycles. The zero-order valence-electron chi connectivity index (χ0n) is 17.2. The van der Waals surface area contributed by atoms with Gasteiger partial charge in [-0.1, -0.05) is 42.5 Å². The van der Waals surface area contributed by atoms with Crippen LogP contribution in [-0.2, 0) is 6.54 Å². The third-order valence-electron chi connectivity index (χ3n) is 5.98. The largest absolute Gasteiger partial charge is 0.465 e. The molecule has 1 aromatic heterocycles. The molecule has 6 nitrogen and oxygen atoms in total. The van der Waals surface area contributed by atoms with E-state index >= 15 is 0 Å². The minimum atomic E-state index is -0.958. The first kappa shape index (κ1) is 20.2. The standard InChI is InChI=1S/C24H27N3O3/c1-17-15-23(28)27(14-13-26-11-9-20(10-12-26)25-24(29)30)22-16-19(7-8-21(17)22)18-5-3-2-4-6-18/h2-8,15-16,20,25H,9-14H2,1H3,(H,29,30). The quantitative estimate of drug-likeness (QED) is 0.679. The maximum Gasteiger partial charge on any atom is 0.404 e. The van der Waals surface area contributed by atoms with Crippen molar-refractivity contribution in [3.8, 4) is 11.1 Å². The molecule has 2 aromatic carbocycles. The van der Waals surface area contributed by atoms with E-state index in [0.717, 1.165) is 60.1 Å². The number of fused-ring (bicyclic) bond motifs is 1. The van der Waals surface area contributed by atoms with E-state index in [1.165, 1.54) is 0 Å². The number of aryl methyl sites for hydroxylation is 1. The molecule has 0 radical (unpaired) electrons. The summed E-state index contributed by atoms with van der Waals surface area (Å²) in [6.07, 6.45) is 0.641. The van der Waals surface area contributed by atoms with Crippen LogP contribution in [0.1, 0.15) is 18.4 Å². The maximum atomic E-state index is 12.8. The number of nitrogens with one attached hydrogen (secondary N) is 1. The Hall–Kier alpha value is -3.12. The van der Waals surface area contributed by atoms with Crippen LogP contribution in [0.25, 0.3) is 22.0 Å². The summed E-state index contributed by atoms with van der Waals surface area (Å²) in [4.78, 5) is 25.9. The Balaban J connectivity index is 1.56. The molecule has 1 aliphatic rings. The number of benzene rings is 2. The average molecular weight is 405 g/mol. The zero-order valence-corrected chi connectivity index (χ0v) is 17.2. The van der Waals surface area contributed by atoms with Crippen LogP contribution >= 0.6 is 0 Å². The lowest BCUT2D eigenvalue weighted by Gasteiger charge is -2.32. The number of carbonyl (C=O) groups is 1. The second-order valence-electron chi connectivity index (χ2n) is 7.98. The lowest BCUT2D eigenvalue weighted by atomic mass is 10.0. The van der Waals surface area contributed by atoms with Crippen molar-refractivity contribution in [1.29, 1.82) is 0 Å². The molecular weight excluding hydrogens is 378 g/mol. The third-order valence-corrected chi connectivity index (χ3v) is 5.98. The number of piperidine rings is 1. The topological polar surface area (TPSA) is 74.6 Å². The fourth-order valence-corrected chi connectivity index (χ4v) is 4.31. The van der Waals surface area contributed by atoms with Gasteiger partial charge in [-0.3, -0.25) is 4.79 Å². The van der Waals surface area contributed by atoms with Crippen molar-refractivity contribution in [2.45, 2.75) is 32.4 Å². The van der Waals surface area contributed by atoms with Crippen LogP contribution in [0.4, 0.5) is 4.79 Å². The van der Waals surface area contributed by atoms with Gasteiger partial charge in [0.15, 0.2) is 0 Å². The SMILES string of the molecule is Cc1cc(=O)n(CCN2CCC(NC(=O)O)CC2)c2cc(-c3ccccc3)ccc12. The van der Waals surface area contributed by atoms with Crippen molar-refractivity contribution in [1.82, 2.24) is 14.8 Å². The predicted molar refractivity (Wildman–Crippen MR) is 119 cm³/mol. The highest BCUT2D eigenvalue weighted by atomic mass is 16.4. The third kappa shape index (κ3) is 4.39. The Bertz CT molecular complexity index is 1100. The monoisotopic (exact) mass is 405 g/mol. The molecule has 0 spiro atoms. The molecule has 1 fully saturated rings. The van der Waals surface area contributed by atoms with Crippen LogP contribution in [0, 0.1) is 6.92 Å². The molecule has 0 aliphatic carbocycles. The van der Waals surface area contributed by atoms with Gasteiger partial charge in [-0.15, -0.1) is 0 Å². The molecular formula is C24H27N3O3. The van der Waals surface area contributed by atoms with E-state index < -0.39 is 6.09 Å². The highest BCUT2D eigenvalue weighted by Crippen LogP contribution is 2.25. The van der Waals surface area contributed by atoms with Gasteiger partial charge in [-0.2, -0.15) is 0 Å². The first-order valence-corrected chi connectivity index (χ1v) is 10.4. The van der Waals surface area contributed by atoms with E-state index in [9.17, 15) is 9.59 Å². The van der Waals surface area contributed by atoms with Crippen LogP contribution in [-0.4, -0.2) is 46.3 Å². The van der Waals surface area contributed by atoms with Crippen LogP contribution in [0.3, 0.4) is 0 Å². The second kappa shape index (κ2) is 8.71. The van der Waals surface area contributed by atoms with Crippen molar-refractivity contribution in [3.63, 3.8) is 0 Å². The molecule has 0 bridgehead atoms. The molecule has 4 rings (SSSR count). The molecule has 2 N–H and O–H groups in total. The van der Waals surface area contributed by atoms with Gasteiger partial charge in [0.05, 0.1) is 5.52 Å². The first-order chi connectivity index (χ1) is 14.5. The van der Waals surface area contributed by atoms with E-state index in [4.69, 9.17) is 5.11 Å². The fourth-order valence-electron chi connectivity index (χ4n) is 4.31. The molecule has 156 valence electrons. The summed E-state index contributed by atoms with van der Waals surface area (Å²) >= 11 is 0. The smallest absolute Gasteiger partial charge is 0.404 e. The molecule has 6 heteroatoms. The number of aromatic nitrogens is 1. The zero-order chi connectivity index (χ0) is 21.1. The van der Waals surface area contributed by atoms with Gasteiger partial charge in [0.25, 0.3) is 5.56 Å². The summed E-state index contributed by atoms with van der Waals surface area (Å²) in [5.74, 6) is 0. The Labute approximate surface area is 175 Å². The number of pyridine rings is 1. The molecule has 2 heterocycles. The minimum Gasteiger partial charge on any atom is -0.465 e. The van der Waals surface area contributed by atoms with Crippen LogP contribution in [0.5, 0.6) is 0 Å². The Kier molecular flexibility index (Phi) is 5.86. The van der Waals surface area contributed by atoms with E-state index in [1.807, 2.05) is 29.7 Å². The summed E-state index contributed by atoms with van der Waals surface area (Å²) < 4.78 is 1.87. The van der Waals surface area contributed by atoms with Crippen LogP contribution in [0.2, 0.25) is 0 Å². The second-order valence-corrected chi connectivity index (χ2v) is 7.98. The first-order valence-electron chi connectivity index (χ1n) is 10.4. The normalized spacial score (nSPS) is 15.4. The molecule has 0 unspecified atom stereocenters. The molecule has 0 saturated carbocycles. The number of carboxylic acid groups (broad SMARTS) is 1. The molecule has 30 heavy (non-hydrogen) atoms. The van der Waals surface area contributed by atoms with Gasteiger partial charge in [0.1, 0.15) is 0 Å². The van der Waals surface area contributed by atoms with Crippen LogP contribution < -0.4 is 10.9 Å². The predicted octanol–water partition coefficient (Wildman–Crippen LogP) is 3.71. The lowest BCUT2D eigenvalue weighted by molar-refractivity contribution is 0.166. The Morgan fingerprint density at radius 1 is 1.03 bits per heavy atom. The summed E-state index contributed by atoms with van der Waals surface area (Å²) in [5, 5.41) is 12.5. The molecule has 1 amide bonds. The molecule has 0 atom stereocenters. The molecule has 3 aromatic rings. The van der Waals surface area contributed by atoms with Crippen molar-refractivity contribution < 1.29 is 9.90 Å². The Morgan fingerprint density at radius 2 is 1.77 bits per heavy atom. The van der Waals surface area contributed by atoms with Gasteiger partial charge in [0, 0.05) is 43.7 Å². The number of hydrogen-bond acceptors (Lipinski definition) is 3. The average Bonchev–Trinajstić information content (AvgIpc) is 2.74. The molecule has 1 saturated heterocycles. The van der Waals surface area contributed by atoms with E-state index in [0.29, 0.717) is 6.54 Å². The van der Waals surface area contributed by atoms with Gasteiger partial charge in [0.2, 0.25) is 0 Å². The van der Waals surface area contributed by atoms with Gasteiger partial charge >= 0.3 is 6.09 Å². The number of hydrogen-bond donors (Lipinski definition) is 2. The number of likely N-dealkylation sites (tertiary alicyclic amines) is 1. The minimum absolute atomic E-state index is 0.0210. The van der Waals surface area contributed by atoms with Gasteiger partial charge in [-0.25, -0.2) is 4.79 Å². The van der Waals surface area contributed by atoms with Crippen molar-refractivity contribution in [2.24, 2.45) is 0 Å². The van der Waals surface area contributed by atoms with Crippen molar-refractivity contribution >= 4 is 17.0 Å². The van der Waals surface area contributed by atoms with E-state index in [-0.39, 0.29) is 11.6 Å². The number of rotatable bonds is 5. The summed E-state index contributed by atoms with van der Waals surface area (Å²) in [6.45, 7) is 5.03. The van der Waals surface area contributed by atoms with E-state index in [2.05, 4.69) is 40.5 Å². The van der Waals surface area contributed by atoms with E-state index in [1.54, 1.807) is 6.07 Å². The van der Waals surface area contributed by atoms with Gasteiger partial charge in [-0.05, 0) is 42.5 Å². The maximum absolute atomic E-state index is 12.8. The number of nitrogens with zero attached hydrogens (tertiary/aromatic N) is 2. The lowest BCUT2D eigenvalue weighted by Crippen LogP contribution is -2.45. The summed E-state index contributed by atoms with van der Waals surface area (Å²) in [6, 6.07) is 18.3. The number of amides is 1. The fraction of sp³-hybridized carbons (Fsp3) is 0.333. The van der Waals surface area contributed by atoms with Crippen molar-refractivity contribution in [3.05, 3.63) is 70.5 Å². The van der Waals surface area contributed by atoms with Crippen molar-refractivity contribution in [2.75, 3.05) is 19.6 Å². The van der Waals surface area contributed by atoms with Crippen LogP contribution in [0.15, 0.2) is 59.4 Å². The highest BCUT2D eigenvalue weighted by molar-refractivity contribution is 5.87. The Morgan fingerprint density at radius 3 is 2.47 bits per heavy atom. The van der Waals surface area contributed by atoms with Gasteiger partial charge < -0.3 is 19.9 Å². The summed E-state index contributed by atoms with van der Waals surface area (Å²) in [5.41, 5.74) is 4.21. The summed E-state index contributed by atoms with van der Waals surface area (Å²) in [7, 11) is 0. The highest BCUT2D eigenvalue weighted by Gasteiger charge is 2.20.